The minimum atomic E-state index is -3.87. The number of hydrogen-bond acceptors (Lipinski definition) is 10. The van der Waals surface area contributed by atoms with Crippen molar-refractivity contribution in [1.82, 2.24) is 0 Å². The monoisotopic (exact) mass is 512 g/mol. The smallest absolute Gasteiger partial charge is 0.264 e. The fraction of sp³-hybridized carbons (Fsp3) is 0.500. The van der Waals surface area contributed by atoms with Crippen molar-refractivity contribution in [2.24, 2.45) is 0 Å². The van der Waals surface area contributed by atoms with E-state index in [-0.39, 0.29) is 19.8 Å². The lowest BCUT2D eigenvalue weighted by molar-refractivity contribution is -0.253. The maximum atomic E-state index is 11.8. The number of ether oxygens (including phenoxy) is 5. The highest BCUT2D eigenvalue weighted by Crippen LogP contribution is 2.40. The highest BCUT2D eigenvalue weighted by Gasteiger charge is 2.61. The molecule has 35 heavy (non-hydrogen) atoms. The molecule has 0 amide bonds. The van der Waals surface area contributed by atoms with Gasteiger partial charge in [0.25, 0.3) is 10.1 Å². The second-order valence-electron chi connectivity index (χ2n) is 8.55. The zero-order valence-electron chi connectivity index (χ0n) is 20.2. The molecule has 1 aliphatic rings. The van der Waals surface area contributed by atoms with Crippen LogP contribution in [0.5, 0.6) is 11.5 Å². The summed E-state index contributed by atoms with van der Waals surface area (Å²) in [6, 6.07) is 14.3. The van der Waals surface area contributed by atoms with E-state index in [0.29, 0.717) is 11.5 Å². The van der Waals surface area contributed by atoms with Gasteiger partial charge >= 0.3 is 0 Å². The summed E-state index contributed by atoms with van der Waals surface area (Å²) in [6.45, 7) is 0.707. The maximum absolute atomic E-state index is 11.8. The summed E-state index contributed by atoms with van der Waals surface area (Å²) in [5, 5.41) is 21.5. The van der Waals surface area contributed by atoms with Crippen LogP contribution in [0.4, 0.5) is 0 Å². The van der Waals surface area contributed by atoms with Gasteiger partial charge in [0.1, 0.15) is 35.9 Å². The van der Waals surface area contributed by atoms with Gasteiger partial charge in [-0.05, 0) is 42.3 Å². The minimum Gasteiger partial charge on any atom is -0.497 e. The number of rotatable bonds is 12. The van der Waals surface area contributed by atoms with E-state index >= 15 is 0 Å². The van der Waals surface area contributed by atoms with Gasteiger partial charge in [-0.2, -0.15) is 8.42 Å². The van der Waals surface area contributed by atoms with Crippen LogP contribution in [0.15, 0.2) is 48.5 Å². The molecule has 0 aromatic heterocycles. The van der Waals surface area contributed by atoms with E-state index in [1.807, 2.05) is 12.1 Å². The molecule has 4 atom stereocenters. The van der Waals surface area contributed by atoms with Crippen molar-refractivity contribution >= 4 is 10.1 Å². The Morgan fingerprint density at radius 1 is 0.914 bits per heavy atom. The molecule has 0 radical (unpaired) electrons. The van der Waals surface area contributed by atoms with Crippen LogP contribution in [-0.4, -0.2) is 75.9 Å². The molecule has 3 rings (SSSR count). The molecule has 2 aromatic carbocycles. The molecule has 11 heteroatoms. The second kappa shape index (κ2) is 11.2. The van der Waals surface area contributed by atoms with Crippen molar-refractivity contribution in [3.8, 4) is 11.5 Å². The van der Waals surface area contributed by atoms with Gasteiger partial charge < -0.3 is 33.9 Å². The Morgan fingerprint density at radius 3 is 1.91 bits per heavy atom. The van der Waals surface area contributed by atoms with E-state index < -0.39 is 40.3 Å². The largest absolute Gasteiger partial charge is 0.497 e. The SMILES string of the molecule is COc1ccc(COC[C@@]2(COS(C)(=O)=O)OC(C)(O)[C@H](O)[C@@H]2OCc2ccc(OC)cc2)cc1. The summed E-state index contributed by atoms with van der Waals surface area (Å²) < 4.78 is 56.5. The number of aliphatic hydroxyl groups is 2. The highest BCUT2D eigenvalue weighted by atomic mass is 32.2. The van der Waals surface area contributed by atoms with Gasteiger partial charge in [0, 0.05) is 0 Å². The van der Waals surface area contributed by atoms with Gasteiger partial charge in [-0.1, -0.05) is 24.3 Å². The summed E-state index contributed by atoms with van der Waals surface area (Å²) in [7, 11) is -0.745. The molecule has 1 heterocycles. The van der Waals surface area contributed by atoms with Crippen LogP contribution in [0.1, 0.15) is 18.1 Å². The van der Waals surface area contributed by atoms with E-state index in [9.17, 15) is 18.6 Å². The van der Waals surface area contributed by atoms with E-state index in [0.717, 1.165) is 17.4 Å². The highest BCUT2D eigenvalue weighted by molar-refractivity contribution is 7.85. The van der Waals surface area contributed by atoms with Crippen LogP contribution in [0.25, 0.3) is 0 Å². The molecule has 194 valence electrons. The number of benzene rings is 2. The van der Waals surface area contributed by atoms with Crippen LogP contribution in [-0.2, 0) is 41.7 Å². The molecule has 1 fully saturated rings. The first-order valence-electron chi connectivity index (χ1n) is 10.9. The first-order valence-corrected chi connectivity index (χ1v) is 12.7. The van der Waals surface area contributed by atoms with Crippen molar-refractivity contribution in [3.05, 3.63) is 59.7 Å². The predicted octanol–water partition coefficient (Wildman–Crippen LogP) is 1.62. The quantitative estimate of drug-likeness (QED) is 0.405. The maximum Gasteiger partial charge on any atom is 0.264 e. The average molecular weight is 513 g/mol. The van der Waals surface area contributed by atoms with Crippen LogP contribution in [0.3, 0.4) is 0 Å². The summed E-state index contributed by atoms with van der Waals surface area (Å²) in [5.41, 5.74) is -0.0297. The van der Waals surface area contributed by atoms with Crippen LogP contribution >= 0.6 is 0 Å². The Balaban J connectivity index is 1.80. The summed E-state index contributed by atoms with van der Waals surface area (Å²) in [4.78, 5) is 0. The lowest BCUT2D eigenvalue weighted by Gasteiger charge is -2.33. The molecular formula is C24H32O10S. The molecule has 1 aliphatic heterocycles. The van der Waals surface area contributed by atoms with Crippen LogP contribution in [0, 0.1) is 0 Å². The van der Waals surface area contributed by atoms with Crippen molar-refractivity contribution in [2.75, 3.05) is 33.7 Å². The summed E-state index contributed by atoms with van der Waals surface area (Å²) >= 11 is 0. The van der Waals surface area contributed by atoms with Crippen molar-refractivity contribution in [2.45, 2.75) is 43.7 Å². The number of hydrogen-bond donors (Lipinski definition) is 2. The molecule has 2 N–H and O–H groups in total. The Morgan fingerprint density at radius 2 is 1.43 bits per heavy atom. The fourth-order valence-electron chi connectivity index (χ4n) is 3.78. The summed E-state index contributed by atoms with van der Waals surface area (Å²) in [5.74, 6) is -0.671. The van der Waals surface area contributed by atoms with Gasteiger partial charge in [-0.15, -0.1) is 0 Å². The zero-order valence-corrected chi connectivity index (χ0v) is 21.0. The molecule has 1 unspecified atom stereocenters. The van der Waals surface area contributed by atoms with E-state index in [1.165, 1.54) is 6.92 Å². The van der Waals surface area contributed by atoms with E-state index in [4.69, 9.17) is 27.9 Å². The van der Waals surface area contributed by atoms with Gasteiger partial charge in [-0.25, -0.2) is 0 Å². The molecule has 10 nitrogen and oxygen atoms in total. The zero-order chi connectivity index (χ0) is 25.7. The molecule has 2 aromatic rings. The molecule has 1 saturated heterocycles. The third-order valence-electron chi connectivity index (χ3n) is 5.64. The Kier molecular flexibility index (Phi) is 8.76. The standard InChI is InChI=1S/C24H32O10S/c1-23(26)21(25)22(32-14-18-7-11-20(30-3)12-8-18)24(34-23,16-33-35(4,27)28)15-31-13-17-5-9-19(29-2)10-6-17/h5-12,21-22,25-26H,13-16H2,1-4H3/t21-,22+,23?,24+/m1/s1. The lowest BCUT2D eigenvalue weighted by Crippen LogP contribution is -2.52. The third kappa shape index (κ3) is 7.14. The van der Waals surface area contributed by atoms with Crippen molar-refractivity contribution < 1.29 is 46.5 Å². The van der Waals surface area contributed by atoms with Crippen LogP contribution in [0.2, 0.25) is 0 Å². The minimum absolute atomic E-state index is 0.0459. The molecular weight excluding hydrogens is 480 g/mol. The van der Waals surface area contributed by atoms with E-state index in [1.54, 1.807) is 50.6 Å². The molecule has 0 saturated carbocycles. The Labute approximate surface area is 205 Å². The average Bonchev–Trinajstić information content (AvgIpc) is 3.01. The number of methoxy groups -OCH3 is 2. The van der Waals surface area contributed by atoms with Crippen LogP contribution < -0.4 is 9.47 Å². The second-order valence-corrected chi connectivity index (χ2v) is 10.2. The van der Waals surface area contributed by atoms with Gasteiger partial charge in [0.15, 0.2) is 5.79 Å². The van der Waals surface area contributed by atoms with Gasteiger partial charge in [0.2, 0.25) is 0 Å². The fourth-order valence-corrected chi connectivity index (χ4v) is 4.20. The normalized spacial score (nSPS) is 26.6. The predicted molar refractivity (Wildman–Crippen MR) is 125 cm³/mol. The first-order chi connectivity index (χ1) is 16.5. The van der Waals surface area contributed by atoms with E-state index in [2.05, 4.69) is 0 Å². The lowest BCUT2D eigenvalue weighted by atomic mass is 9.95. The van der Waals surface area contributed by atoms with Crippen molar-refractivity contribution in [1.29, 1.82) is 0 Å². The molecule has 0 aliphatic carbocycles. The first kappa shape index (κ1) is 27.3. The van der Waals surface area contributed by atoms with Gasteiger partial charge in [0.05, 0.1) is 40.3 Å². The van der Waals surface area contributed by atoms with Gasteiger partial charge in [-0.3, -0.25) is 4.18 Å². The number of aliphatic hydroxyl groups excluding tert-OH is 1. The summed E-state index contributed by atoms with van der Waals surface area (Å²) in [6.07, 6.45) is -1.78. The molecule has 0 spiro atoms. The molecule has 0 bridgehead atoms. The topological polar surface area (TPSA) is 130 Å². The van der Waals surface area contributed by atoms with Crippen molar-refractivity contribution in [3.63, 3.8) is 0 Å². The Bertz CT molecular complexity index is 1050. The third-order valence-corrected chi connectivity index (χ3v) is 6.19. The Hall–Kier alpha value is -2.25.